The molecule has 1 aromatic rings. The standard InChI is InChI=1S/C22H32N2O2/c25-21(15-14-18-10-4-3-5-11-18)24-17-9-2-1-8-16-23-22(26)19-12-6-7-13-20(19)24/h3-5,10-11,19-20H,1-2,6-9,12-17H2,(H,23,26)/t19-,20+/m1/s1. The quantitative estimate of drug-likeness (QED) is 0.898. The molecule has 1 saturated carbocycles. The number of hydrogen-bond donors (Lipinski definition) is 1. The molecule has 2 fully saturated rings. The molecule has 1 aliphatic carbocycles. The maximum atomic E-state index is 13.1. The van der Waals surface area contributed by atoms with Crippen molar-refractivity contribution in [2.24, 2.45) is 5.92 Å². The van der Waals surface area contributed by atoms with Gasteiger partial charge in [0.1, 0.15) is 0 Å². The minimum atomic E-state index is -0.0254. The lowest BCUT2D eigenvalue weighted by atomic mass is 9.82. The number of carbonyl (C=O) groups excluding carboxylic acids is 2. The number of hydrogen-bond acceptors (Lipinski definition) is 2. The van der Waals surface area contributed by atoms with E-state index < -0.39 is 0 Å². The highest BCUT2D eigenvalue weighted by atomic mass is 16.2. The van der Waals surface area contributed by atoms with Gasteiger partial charge in [-0.25, -0.2) is 0 Å². The first-order chi connectivity index (χ1) is 12.8. The van der Waals surface area contributed by atoms with E-state index in [1.807, 2.05) is 18.2 Å². The summed E-state index contributed by atoms with van der Waals surface area (Å²) >= 11 is 0. The molecule has 2 amide bonds. The second-order valence-corrected chi connectivity index (χ2v) is 7.74. The zero-order valence-corrected chi connectivity index (χ0v) is 15.8. The molecule has 4 nitrogen and oxygen atoms in total. The number of fused-ring (bicyclic) bond motifs is 1. The number of rotatable bonds is 3. The van der Waals surface area contributed by atoms with E-state index >= 15 is 0 Å². The van der Waals surface area contributed by atoms with Crippen LogP contribution in [0.5, 0.6) is 0 Å². The van der Waals surface area contributed by atoms with E-state index in [1.54, 1.807) is 0 Å². The van der Waals surface area contributed by atoms with Crippen molar-refractivity contribution in [1.29, 1.82) is 0 Å². The molecule has 4 heteroatoms. The molecule has 1 N–H and O–H groups in total. The van der Waals surface area contributed by atoms with Crippen LogP contribution in [0, 0.1) is 5.92 Å². The van der Waals surface area contributed by atoms with Gasteiger partial charge in [-0.1, -0.05) is 56.0 Å². The van der Waals surface area contributed by atoms with Crippen LogP contribution in [0.25, 0.3) is 0 Å². The average molecular weight is 357 g/mol. The van der Waals surface area contributed by atoms with E-state index in [9.17, 15) is 9.59 Å². The Balaban J connectivity index is 1.71. The molecule has 2 aliphatic rings. The first-order valence-electron chi connectivity index (χ1n) is 10.4. The van der Waals surface area contributed by atoms with Crippen LogP contribution in [-0.2, 0) is 16.0 Å². The second-order valence-electron chi connectivity index (χ2n) is 7.74. The normalized spacial score (nSPS) is 24.9. The summed E-state index contributed by atoms with van der Waals surface area (Å²) in [5.41, 5.74) is 1.21. The van der Waals surface area contributed by atoms with Gasteiger partial charge < -0.3 is 10.2 Å². The molecule has 0 spiro atoms. The molecule has 1 aromatic carbocycles. The van der Waals surface area contributed by atoms with Gasteiger partial charge in [0, 0.05) is 25.6 Å². The number of carbonyl (C=O) groups is 2. The van der Waals surface area contributed by atoms with Gasteiger partial charge in [-0.05, 0) is 37.7 Å². The van der Waals surface area contributed by atoms with Crippen LogP contribution in [0.3, 0.4) is 0 Å². The Hall–Kier alpha value is -1.84. The summed E-state index contributed by atoms with van der Waals surface area (Å²) < 4.78 is 0. The number of aryl methyl sites for hydroxylation is 1. The zero-order valence-electron chi connectivity index (χ0n) is 15.8. The predicted molar refractivity (Wildman–Crippen MR) is 104 cm³/mol. The number of benzene rings is 1. The highest BCUT2D eigenvalue weighted by Gasteiger charge is 2.36. The summed E-state index contributed by atoms with van der Waals surface area (Å²) in [6, 6.07) is 10.3. The third-order valence-electron chi connectivity index (χ3n) is 5.88. The van der Waals surface area contributed by atoms with Crippen molar-refractivity contribution in [2.75, 3.05) is 13.1 Å². The van der Waals surface area contributed by atoms with Crippen molar-refractivity contribution >= 4 is 11.8 Å². The Morgan fingerprint density at radius 2 is 1.77 bits per heavy atom. The lowest BCUT2D eigenvalue weighted by molar-refractivity contribution is -0.138. The van der Waals surface area contributed by atoms with Crippen LogP contribution in [0.15, 0.2) is 30.3 Å². The second kappa shape index (κ2) is 9.75. The molecule has 1 aliphatic heterocycles. The number of nitrogens with zero attached hydrogens (tertiary/aromatic N) is 1. The molecule has 2 atom stereocenters. The topological polar surface area (TPSA) is 49.4 Å². The molecule has 26 heavy (non-hydrogen) atoms. The lowest BCUT2D eigenvalue weighted by Gasteiger charge is -2.39. The van der Waals surface area contributed by atoms with Crippen LogP contribution < -0.4 is 5.32 Å². The maximum Gasteiger partial charge on any atom is 0.225 e. The summed E-state index contributed by atoms with van der Waals surface area (Å²) in [5.74, 6) is 0.359. The van der Waals surface area contributed by atoms with Crippen LogP contribution in [-0.4, -0.2) is 35.8 Å². The lowest BCUT2D eigenvalue weighted by Crippen LogP contribution is -2.51. The van der Waals surface area contributed by atoms with Crippen molar-refractivity contribution in [3.63, 3.8) is 0 Å². The molecular weight excluding hydrogens is 324 g/mol. The average Bonchev–Trinajstić information content (AvgIpc) is 2.72. The largest absolute Gasteiger partial charge is 0.356 e. The smallest absolute Gasteiger partial charge is 0.225 e. The van der Waals surface area contributed by atoms with E-state index in [1.165, 1.54) is 5.56 Å². The van der Waals surface area contributed by atoms with Gasteiger partial charge in [0.15, 0.2) is 0 Å². The molecule has 0 aromatic heterocycles. The fraction of sp³-hybridized carbons (Fsp3) is 0.636. The summed E-state index contributed by atoms with van der Waals surface area (Å²) in [6.45, 7) is 1.59. The molecule has 0 bridgehead atoms. The maximum absolute atomic E-state index is 13.1. The van der Waals surface area contributed by atoms with E-state index in [2.05, 4.69) is 22.3 Å². The Bertz CT molecular complexity index is 587. The Morgan fingerprint density at radius 3 is 2.62 bits per heavy atom. The summed E-state index contributed by atoms with van der Waals surface area (Å²) in [4.78, 5) is 27.8. The fourth-order valence-corrected chi connectivity index (χ4v) is 4.41. The molecule has 1 heterocycles. The van der Waals surface area contributed by atoms with E-state index in [-0.39, 0.29) is 23.8 Å². The molecule has 142 valence electrons. The Morgan fingerprint density at radius 1 is 1.00 bits per heavy atom. The first kappa shape index (κ1) is 18.9. The molecule has 1 saturated heterocycles. The SMILES string of the molecule is O=C1NCCCCCCN(C(=O)CCc2ccccc2)[C@H]2CCCC[C@@H]12. The third kappa shape index (κ3) is 5.09. The highest BCUT2D eigenvalue weighted by Crippen LogP contribution is 2.30. The summed E-state index contributed by atoms with van der Waals surface area (Å²) in [7, 11) is 0. The van der Waals surface area contributed by atoms with Crippen LogP contribution in [0.1, 0.15) is 63.4 Å². The van der Waals surface area contributed by atoms with Gasteiger partial charge in [-0.15, -0.1) is 0 Å². The van der Waals surface area contributed by atoms with Crippen molar-refractivity contribution in [2.45, 2.75) is 70.3 Å². The van der Waals surface area contributed by atoms with Gasteiger partial charge >= 0.3 is 0 Å². The Kier molecular flexibility index (Phi) is 7.10. The molecule has 0 unspecified atom stereocenters. The van der Waals surface area contributed by atoms with Crippen LogP contribution in [0.2, 0.25) is 0 Å². The minimum absolute atomic E-state index is 0.0254. The van der Waals surface area contributed by atoms with Gasteiger partial charge in [-0.2, -0.15) is 0 Å². The van der Waals surface area contributed by atoms with Crippen LogP contribution >= 0.6 is 0 Å². The fourth-order valence-electron chi connectivity index (χ4n) is 4.41. The molecular formula is C22H32N2O2. The first-order valence-corrected chi connectivity index (χ1v) is 10.4. The van der Waals surface area contributed by atoms with E-state index in [4.69, 9.17) is 0 Å². The van der Waals surface area contributed by atoms with E-state index in [0.717, 1.165) is 70.9 Å². The number of amides is 2. The monoisotopic (exact) mass is 356 g/mol. The summed E-state index contributed by atoms with van der Waals surface area (Å²) in [6.07, 6.45) is 9.78. The van der Waals surface area contributed by atoms with Gasteiger partial charge in [0.05, 0.1) is 5.92 Å². The van der Waals surface area contributed by atoms with Gasteiger partial charge in [0.25, 0.3) is 0 Å². The van der Waals surface area contributed by atoms with Crippen LogP contribution in [0.4, 0.5) is 0 Å². The molecule has 0 radical (unpaired) electrons. The van der Waals surface area contributed by atoms with Crippen molar-refractivity contribution in [1.82, 2.24) is 10.2 Å². The van der Waals surface area contributed by atoms with Crippen molar-refractivity contribution < 1.29 is 9.59 Å². The van der Waals surface area contributed by atoms with Gasteiger partial charge in [-0.3, -0.25) is 9.59 Å². The zero-order chi connectivity index (χ0) is 18.2. The van der Waals surface area contributed by atoms with Crippen molar-refractivity contribution in [3.8, 4) is 0 Å². The van der Waals surface area contributed by atoms with E-state index in [0.29, 0.717) is 6.42 Å². The molecule has 3 rings (SSSR count). The van der Waals surface area contributed by atoms with Crippen molar-refractivity contribution in [3.05, 3.63) is 35.9 Å². The van der Waals surface area contributed by atoms with Gasteiger partial charge in [0.2, 0.25) is 11.8 Å². The number of nitrogens with one attached hydrogen (secondary N) is 1. The summed E-state index contributed by atoms with van der Waals surface area (Å²) in [5, 5.41) is 3.12. The highest BCUT2D eigenvalue weighted by molar-refractivity contribution is 5.82. The minimum Gasteiger partial charge on any atom is -0.356 e. The predicted octanol–water partition coefficient (Wildman–Crippen LogP) is 3.70. The third-order valence-corrected chi connectivity index (χ3v) is 5.88. The Labute approximate surface area is 157 Å².